The number of rotatable bonds is 3. The van der Waals surface area contributed by atoms with E-state index in [2.05, 4.69) is 20.1 Å². The number of hydrogen-bond acceptors (Lipinski definition) is 4. The van der Waals surface area contributed by atoms with Gasteiger partial charge in [0.15, 0.2) is 5.96 Å². The minimum Gasteiger partial charge on any atom is -0.370 e. The molecule has 120 valence electrons. The van der Waals surface area contributed by atoms with Crippen LogP contribution >= 0.6 is 0 Å². The summed E-state index contributed by atoms with van der Waals surface area (Å²) in [5.41, 5.74) is 18.3. The Balaban J connectivity index is 1.90. The van der Waals surface area contributed by atoms with E-state index in [1.807, 2.05) is 36.4 Å². The van der Waals surface area contributed by atoms with Gasteiger partial charge in [0.25, 0.3) is 5.89 Å². The quantitative estimate of drug-likeness (QED) is 0.494. The van der Waals surface area contributed by atoms with Crippen LogP contribution in [0.5, 0.6) is 0 Å². The monoisotopic (exact) mass is 321 g/mol. The Morgan fingerprint density at radius 1 is 0.917 bits per heavy atom. The lowest BCUT2D eigenvalue weighted by Crippen LogP contribution is -2.26. The lowest BCUT2D eigenvalue weighted by Gasteiger charge is -1.98. The molecule has 1 heterocycles. The van der Waals surface area contributed by atoms with Gasteiger partial charge in [0.2, 0.25) is 11.8 Å². The molecule has 1 aromatic heterocycles. The third-order valence-corrected chi connectivity index (χ3v) is 3.04. The topological polar surface area (TPSA) is 142 Å². The highest BCUT2D eigenvalue weighted by molar-refractivity contribution is 5.93. The van der Waals surface area contributed by atoms with Gasteiger partial charge in [0, 0.05) is 11.1 Å². The average Bonchev–Trinajstić information content (AvgIpc) is 3.05. The molecule has 8 nitrogen and oxygen atoms in total. The van der Waals surface area contributed by atoms with Gasteiger partial charge in [0.1, 0.15) is 0 Å². The predicted octanol–water partition coefficient (Wildman–Crippen LogP) is 1.62. The van der Waals surface area contributed by atoms with Crippen LogP contribution in [0.4, 0.5) is 5.69 Å². The van der Waals surface area contributed by atoms with Crippen molar-refractivity contribution in [2.75, 3.05) is 0 Å². The van der Waals surface area contributed by atoms with Gasteiger partial charge in [-0.3, -0.25) is 0 Å². The van der Waals surface area contributed by atoms with E-state index in [-0.39, 0.29) is 11.9 Å². The first-order valence-corrected chi connectivity index (χ1v) is 7.05. The van der Waals surface area contributed by atoms with Gasteiger partial charge in [-0.25, -0.2) is 4.99 Å². The molecule has 0 unspecified atom stereocenters. The summed E-state index contributed by atoms with van der Waals surface area (Å²) in [6.45, 7) is 0. The molecule has 0 fully saturated rings. The van der Waals surface area contributed by atoms with Crippen LogP contribution < -0.4 is 17.2 Å². The Bertz CT molecular complexity index is 896. The first-order chi connectivity index (χ1) is 11.6. The second-order valence-corrected chi connectivity index (χ2v) is 4.85. The van der Waals surface area contributed by atoms with Crippen molar-refractivity contribution in [1.82, 2.24) is 10.1 Å². The Kier molecular flexibility index (Phi) is 4.19. The first kappa shape index (κ1) is 15.2. The molecule has 2 aromatic carbocycles. The van der Waals surface area contributed by atoms with Crippen LogP contribution in [0.2, 0.25) is 0 Å². The van der Waals surface area contributed by atoms with Gasteiger partial charge < -0.3 is 21.7 Å². The van der Waals surface area contributed by atoms with Crippen molar-refractivity contribution in [1.29, 1.82) is 0 Å². The molecular weight excluding hydrogens is 306 g/mol. The third kappa shape index (κ3) is 3.55. The van der Waals surface area contributed by atoms with Crippen LogP contribution in [0, 0.1) is 0 Å². The maximum Gasteiger partial charge on any atom is 0.258 e. The number of nitrogens with zero attached hydrogens (tertiary/aromatic N) is 4. The zero-order valence-corrected chi connectivity index (χ0v) is 12.6. The number of benzene rings is 2. The van der Waals surface area contributed by atoms with Gasteiger partial charge in [0.05, 0.1) is 5.69 Å². The second kappa shape index (κ2) is 6.61. The van der Waals surface area contributed by atoms with Gasteiger partial charge >= 0.3 is 0 Å². The number of nitrogens with two attached hydrogens (primary N) is 3. The minimum absolute atomic E-state index is 0.0392. The van der Waals surface area contributed by atoms with Crippen molar-refractivity contribution >= 4 is 17.6 Å². The van der Waals surface area contributed by atoms with Gasteiger partial charge in [-0.1, -0.05) is 41.6 Å². The SMILES string of the molecule is NC(N)=NC(N)=Nc1cccc(-c2nc(-c3ccccc3)no2)c1. The Morgan fingerprint density at radius 2 is 1.67 bits per heavy atom. The van der Waals surface area contributed by atoms with Crippen molar-refractivity contribution in [2.45, 2.75) is 0 Å². The fourth-order valence-electron chi connectivity index (χ4n) is 2.04. The lowest BCUT2D eigenvalue weighted by molar-refractivity contribution is 0.432. The molecule has 0 spiro atoms. The highest BCUT2D eigenvalue weighted by Crippen LogP contribution is 2.25. The molecule has 0 atom stereocenters. The average molecular weight is 321 g/mol. The number of aromatic nitrogens is 2. The molecule has 0 saturated carbocycles. The molecule has 8 heteroatoms. The van der Waals surface area contributed by atoms with Crippen LogP contribution in [0.15, 0.2) is 69.1 Å². The first-order valence-electron chi connectivity index (χ1n) is 7.05. The third-order valence-electron chi connectivity index (χ3n) is 3.04. The zero-order chi connectivity index (χ0) is 16.9. The van der Waals surface area contributed by atoms with E-state index in [1.165, 1.54) is 0 Å². The van der Waals surface area contributed by atoms with Crippen molar-refractivity contribution in [3.63, 3.8) is 0 Å². The molecule has 3 rings (SSSR count). The summed E-state index contributed by atoms with van der Waals surface area (Å²) in [4.78, 5) is 12.2. The normalized spacial score (nSPS) is 11.2. The van der Waals surface area contributed by atoms with Crippen molar-refractivity contribution in [3.8, 4) is 22.8 Å². The van der Waals surface area contributed by atoms with Crippen molar-refractivity contribution in [2.24, 2.45) is 27.2 Å². The Labute approximate surface area is 137 Å². The number of guanidine groups is 2. The van der Waals surface area contributed by atoms with Crippen LogP contribution in [0.25, 0.3) is 22.8 Å². The van der Waals surface area contributed by atoms with Crippen LogP contribution in [0.3, 0.4) is 0 Å². The van der Waals surface area contributed by atoms with E-state index in [0.717, 1.165) is 5.56 Å². The molecule has 3 aromatic rings. The van der Waals surface area contributed by atoms with Crippen LogP contribution in [0.1, 0.15) is 0 Å². The maximum atomic E-state index is 5.63. The van der Waals surface area contributed by atoms with Crippen LogP contribution in [-0.4, -0.2) is 22.1 Å². The fourth-order valence-corrected chi connectivity index (χ4v) is 2.04. The molecule has 0 radical (unpaired) electrons. The Hall–Kier alpha value is -3.68. The Morgan fingerprint density at radius 3 is 2.42 bits per heavy atom. The fraction of sp³-hybridized carbons (Fsp3) is 0. The molecule has 0 aliphatic carbocycles. The lowest BCUT2D eigenvalue weighted by atomic mass is 10.2. The summed E-state index contributed by atoms with van der Waals surface area (Å²) in [7, 11) is 0. The van der Waals surface area contributed by atoms with Crippen molar-refractivity contribution in [3.05, 3.63) is 54.6 Å². The number of hydrogen-bond donors (Lipinski definition) is 3. The molecule has 0 bridgehead atoms. The summed E-state index contributed by atoms with van der Waals surface area (Å²) in [5, 5.41) is 3.99. The summed E-state index contributed by atoms with van der Waals surface area (Å²) in [6, 6.07) is 16.7. The smallest absolute Gasteiger partial charge is 0.258 e. The molecular formula is C16H15N7O. The van der Waals surface area contributed by atoms with E-state index >= 15 is 0 Å². The molecule has 6 N–H and O–H groups in total. The maximum absolute atomic E-state index is 5.63. The van der Waals surface area contributed by atoms with E-state index in [4.69, 9.17) is 21.7 Å². The summed E-state index contributed by atoms with van der Waals surface area (Å²) in [5.74, 6) is 0.699. The summed E-state index contributed by atoms with van der Waals surface area (Å²) < 4.78 is 5.32. The summed E-state index contributed by atoms with van der Waals surface area (Å²) >= 11 is 0. The van der Waals surface area contributed by atoms with E-state index in [0.29, 0.717) is 23.0 Å². The van der Waals surface area contributed by atoms with E-state index in [1.54, 1.807) is 18.2 Å². The summed E-state index contributed by atoms with van der Waals surface area (Å²) in [6.07, 6.45) is 0. The minimum atomic E-state index is -0.156. The largest absolute Gasteiger partial charge is 0.370 e. The van der Waals surface area contributed by atoms with Gasteiger partial charge in [-0.15, -0.1) is 0 Å². The highest BCUT2D eigenvalue weighted by Gasteiger charge is 2.10. The van der Waals surface area contributed by atoms with Crippen molar-refractivity contribution < 1.29 is 4.52 Å². The second-order valence-electron chi connectivity index (χ2n) is 4.85. The van der Waals surface area contributed by atoms with E-state index in [9.17, 15) is 0 Å². The van der Waals surface area contributed by atoms with Gasteiger partial charge in [-0.05, 0) is 18.2 Å². The van der Waals surface area contributed by atoms with E-state index < -0.39 is 0 Å². The zero-order valence-electron chi connectivity index (χ0n) is 12.6. The molecule has 0 aliphatic rings. The molecule has 0 aliphatic heterocycles. The molecule has 0 amide bonds. The number of aliphatic imine (C=N–C) groups is 2. The van der Waals surface area contributed by atoms with Crippen LogP contribution in [-0.2, 0) is 0 Å². The van der Waals surface area contributed by atoms with Gasteiger partial charge in [-0.2, -0.15) is 9.98 Å². The molecule has 0 saturated heterocycles. The standard InChI is InChI=1S/C16H15N7O/c17-15(18)22-16(19)20-12-8-4-7-11(9-12)14-21-13(23-24-14)10-5-2-1-3-6-10/h1-9H,(H6,17,18,19,20,22). The highest BCUT2D eigenvalue weighted by atomic mass is 16.5. The molecule has 24 heavy (non-hydrogen) atoms. The predicted molar refractivity (Wildman–Crippen MR) is 92.3 cm³/mol.